The highest BCUT2D eigenvalue weighted by Gasteiger charge is 2.29. The fourth-order valence-electron chi connectivity index (χ4n) is 1.92. The van der Waals surface area contributed by atoms with Gasteiger partial charge in [-0.25, -0.2) is 4.79 Å². The summed E-state index contributed by atoms with van der Waals surface area (Å²) in [6.45, 7) is 0.715. The third kappa shape index (κ3) is 2.61. The van der Waals surface area contributed by atoms with Crippen LogP contribution in [0.15, 0.2) is 35.1 Å². The molecule has 0 unspecified atom stereocenters. The molecular formula is C13H15N5O2. The molecule has 7 nitrogen and oxygen atoms in total. The van der Waals surface area contributed by atoms with E-state index in [0.29, 0.717) is 18.8 Å². The van der Waals surface area contributed by atoms with Crippen LogP contribution in [0.1, 0.15) is 12.8 Å². The lowest BCUT2D eigenvalue weighted by molar-refractivity contribution is -0.122. The molecule has 1 aliphatic carbocycles. The molecule has 1 aliphatic rings. The molecule has 1 saturated carbocycles. The van der Waals surface area contributed by atoms with E-state index in [9.17, 15) is 9.59 Å². The van der Waals surface area contributed by atoms with Crippen molar-refractivity contribution in [2.75, 3.05) is 6.54 Å². The van der Waals surface area contributed by atoms with E-state index in [-0.39, 0.29) is 17.5 Å². The molecule has 0 aliphatic heterocycles. The van der Waals surface area contributed by atoms with Crippen LogP contribution in [0.5, 0.6) is 0 Å². The van der Waals surface area contributed by atoms with Gasteiger partial charge in [0.2, 0.25) is 5.91 Å². The molecule has 0 atom stereocenters. The van der Waals surface area contributed by atoms with Gasteiger partial charge in [0.05, 0.1) is 12.2 Å². The second kappa shape index (κ2) is 5.28. The minimum Gasteiger partial charge on any atom is -0.354 e. The number of aromatic nitrogens is 4. The van der Waals surface area contributed by atoms with Crippen LogP contribution in [-0.4, -0.2) is 32.2 Å². The summed E-state index contributed by atoms with van der Waals surface area (Å²) >= 11 is 0. The number of nitrogens with one attached hydrogen (secondary N) is 1. The van der Waals surface area contributed by atoms with Crippen LogP contribution >= 0.6 is 0 Å². The van der Waals surface area contributed by atoms with E-state index in [2.05, 4.69) is 15.7 Å². The number of hydrogen-bond donors (Lipinski definition) is 1. The second-order valence-electron chi connectivity index (χ2n) is 4.80. The number of nitrogens with zero attached hydrogens (tertiary/aromatic N) is 4. The van der Waals surface area contributed by atoms with Gasteiger partial charge in [-0.05, 0) is 35.4 Å². The number of para-hydroxylation sites is 1. The van der Waals surface area contributed by atoms with Crippen LogP contribution < -0.4 is 11.0 Å². The van der Waals surface area contributed by atoms with Crippen LogP contribution in [0.2, 0.25) is 0 Å². The fraction of sp³-hybridized carbons (Fsp3) is 0.385. The van der Waals surface area contributed by atoms with Gasteiger partial charge >= 0.3 is 5.69 Å². The Kier molecular flexibility index (Phi) is 3.32. The second-order valence-corrected chi connectivity index (χ2v) is 4.80. The summed E-state index contributed by atoms with van der Waals surface area (Å²) in [6.07, 6.45) is 1.94. The van der Waals surface area contributed by atoms with Crippen LogP contribution in [0.3, 0.4) is 0 Å². The van der Waals surface area contributed by atoms with E-state index in [1.54, 1.807) is 12.1 Å². The van der Waals surface area contributed by atoms with Crippen LogP contribution in [0, 0.1) is 5.92 Å². The van der Waals surface area contributed by atoms with E-state index >= 15 is 0 Å². The summed E-state index contributed by atoms with van der Waals surface area (Å²) in [5.74, 6) is 0.236. The molecule has 20 heavy (non-hydrogen) atoms. The first-order valence-corrected chi connectivity index (χ1v) is 6.61. The van der Waals surface area contributed by atoms with Crippen molar-refractivity contribution < 1.29 is 4.79 Å². The number of carbonyl (C=O) groups is 1. The van der Waals surface area contributed by atoms with Crippen molar-refractivity contribution >= 4 is 5.91 Å². The number of rotatable bonds is 5. The monoisotopic (exact) mass is 273 g/mol. The lowest BCUT2D eigenvalue weighted by Crippen LogP contribution is -2.32. The SMILES string of the molecule is O=C(NCCn1nnn(-c2ccccc2)c1=O)C1CC1. The van der Waals surface area contributed by atoms with Gasteiger partial charge in [-0.1, -0.05) is 18.2 Å². The van der Waals surface area contributed by atoms with Gasteiger partial charge in [0.15, 0.2) is 0 Å². The van der Waals surface area contributed by atoms with E-state index < -0.39 is 0 Å². The van der Waals surface area contributed by atoms with Crippen molar-refractivity contribution in [1.29, 1.82) is 0 Å². The zero-order valence-electron chi connectivity index (χ0n) is 10.9. The highest BCUT2D eigenvalue weighted by molar-refractivity contribution is 5.80. The number of benzene rings is 1. The average Bonchev–Trinajstić information content (AvgIpc) is 3.26. The average molecular weight is 273 g/mol. The summed E-state index contributed by atoms with van der Waals surface area (Å²) in [5.41, 5.74) is 0.364. The standard InChI is InChI=1S/C13H15N5O2/c19-12(10-6-7-10)14-8-9-17-13(20)18(16-15-17)11-4-2-1-3-5-11/h1-5,10H,6-9H2,(H,14,19). The van der Waals surface area contributed by atoms with Gasteiger partial charge in [-0.3, -0.25) is 4.79 Å². The Bertz CT molecular complexity index is 657. The normalized spacial score (nSPS) is 14.2. The molecule has 1 fully saturated rings. The lowest BCUT2D eigenvalue weighted by atomic mass is 10.3. The Morgan fingerprint density at radius 1 is 1.25 bits per heavy atom. The quantitative estimate of drug-likeness (QED) is 0.828. The molecule has 1 amide bonds. The van der Waals surface area contributed by atoms with E-state index in [1.807, 2.05) is 18.2 Å². The molecule has 7 heteroatoms. The molecule has 2 aromatic rings. The first kappa shape index (κ1) is 12.6. The maximum atomic E-state index is 12.1. The van der Waals surface area contributed by atoms with E-state index in [0.717, 1.165) is 12.8 Å². The Hall–Kier alpha value is -2.44. The summed E-state index contributed by atoms with van der Waals surface area (Å²) < 4.78 is 2.49. The molecule has 1 N–H and O–H groups in total. The molecule has 3 rings (SSSR count). The van der Waals surface area contributed by atoms with Gasteiger partial charge < -0.3 is 5.32 Å². The zero-order chi connectivity index (χ0) is 13.9. The molecule has 0 spiro atoms. The van der Waals surface area contributed by atoms with Crippen molar-refractivity contribution in [3.05, 3.63) is 40.8 Å². The summed E-state index contributed by atoms with van der Waals surface area (Å²) in [7, 11) is 0. The third-order valence-electron chi connectivity index (χ3n) is 3.21. The Balaban J connectivity index is 1.65. The first-order valence-electron chi connectivity index (χ1n) is 6.61. The van der Waals surface area contributed by atoms with E-state index in [4.69, 9.17) is 0 Å². The smallest absolute Gasteiger partial charge is 0.354 e. The van der Waals surface area contributed by atoms with Gasteiger partial charge in [-0.2, -0.15) is 9.36 Å². The molecule has 1 aromatic carbocycles. The summed E-state index contributed by atoms with van der Waals surface area (Å²) in [6, 6.07) is 9.10. The zero-order valence-corrected chi connectivity index (χ0v) is 10.9. The van der Waals surface area contributed by atoms with E-state index in [1.165, 1.54) is 9.36 Å². The number of hydrogen-bond acceptors (Lipinski definition) is 4. The molecular weight excluding hydrogens is 258 g/mol. The highest BCUT2D eigenvalue weighted by atomic mass is 16.2. The molecule has 0 saturated heterocycles. The van der Waals surface area contributed by atoms with Crippen LogP contribution in [0.25, 0.3) is 5.69 Å². The molecule has 1 heterocycles. The Morgan fingerprint density at radius 3 is 2.70 bits per heavy atom. The van der Waals surface area contributed by atoms with Crippen LogP contribution in [0.4, 0.5) is 0 Å². The molecule has 0 radical (unpaired) electrons. The van der Waals surface area contributed by atoms with Crippen molar-refractivity contribution in [2.24, 2.45) is 5.92 Å². The number of carbonyl (C=O) groups excluding carboxylic acids is 1. The molecule has 1 aromatic heterocycles. The van der Waals surface area contributed by atoms with Crippen molar-refractivity contribution in [2.45, 2.75) is 19.4 Å². The predicted octanol–water partition coefficient (Wildman–Crippen LogP) is -0.0448. The van der Waals surface area contributed by atoms with Gasteiger partial charge in [0.1, 0.15) is 0 Å². The topological polar surface area (TPSA) is 81.8 Å². The minimum atomic E-state index is -0.308. The summed E-state index contributed by atoms with van der Waals surface area (Å²) in [4.78, 5) is 23.5. The van der Waals surface area contributed by atoms with Crippen molar-refractivity contribution in [1.82, 2.24) is 25.1 Å². The Labute approximate surface area is 115 Å². The van der Waals surface area contributed by atoms with Gasteiger partial charge in [-0.15, -0.1) is 0 Å². The van der Waals surface area contributed by atoms with Crippen LogP contribution in [-0.2, 0) is 11.3 Å². The fourth-order valence-corrected chi connectivity index (χ4v) is 1.92. The predicted molar refractivity (Wildman–Crippen MR) is 71.4 cm³/mol. The maximum Gasteiger partial charge on any atom is 0.368 e. The number of amides is 1. The largest absolute Gasteiger partial charge is 0.368 e. The maximum absolute atomic E-state index is 12.1. The lowest BCUT2D eigenvalue weighted by Gasteiger charge is -2.02. The minimum absolute atomic E-state index is 0.0634. The highest BCUT2D eigenvalue weighted by Crippen LogP contribution is 2.28. The first-order chi connectivity index (χ1) is 9.75. The van der Waals surface area contributed by atoms with Gasteiger partial charge in [0.25, 0.3) is 0 Å². The van der Waals surface area contributed by atoms with Crippen molar-refractivity contribution in [3.63, 3.8) is 0 Å². The number of tetrazole rings is 1. The third-order valence-corrected chi connectivity index (χ3v) is 3.21. The Morgan fingerprint density at radius 2 is 2.00 bits per heavy atom. The molecule has 104 valence electrons. The van der Waals surface area contributed by atoms with Gasteiger partial charge in [0, 0.05) is 12.5 Å². The molecule has 0 bridgehead atoms. The summed E-state index contributed by atoms with van der Waals surface area (Å²) in [5, 5.41) is 10.4. The van der Waals surface area contributed by atoms with Crippen molar-refractivity contribution in [3.8, 4) is 5.69 Å².